The van der Waals surface area contributed by atoms with Crippen LogP contribution in [0.2, 0.25) is 0 Å². The zero-order valence-electron chi connectivity index (χ0n) is 13.6. The molecule has 23 heavy (non-hydrogen) atoms. The molecule has 0 atom stereocenters. The molecule has 1 aromatic rings. The number of ether oxygens (including phenoxy) is 1. The minimum atomic E-state index is 0.652. The van der Waals surface area contributed by atoms with Gasteiger partial charge in [0.05, 0.1) is 11.4 Å². The largest absolute Gasteiger partial charge is 0.474 e. The van der Waals surface area contributed by atoms with Crippen LogP contribution in [-0.2, 0) is 0 Å². The first-order valence-corrected chi connectivity index (χ1v) is 7.67. The van der Waals surface area contributed by atoms with Crippen molar-refractivity contribution in [1.29, 1.82) is 0 Å². The lowest BCUT2D eigenvalue weighted by Gasteiger charge is -2.19. The summed E-state index contributed by atoms with van der Waals surface area (Å²) < 4.78 is 5.53. The van der Waals surface area contributed by atoms with Crippen molar-refractivity contribution in [2.24, 2.45) is 9.98 Å². The molecule has 0 saturated heterocycles. The first-order valence-electron chi connectivity index (χ1n) is 7.67. The van der Waals surface area contributed by atoms with Crippen LogP contribution < -0.4 is 10.1 Å². The fraction of sp³-hybridized carbons (Fsp3) is 0.278. The van der Waals surface area contributed by atoms with Crippen molar-refractivity contribution >= 4 is 22.8 Å². The summed E-state index contributed by atoms with van der Waals surface area (Å²) in [7, 11) is 1.75. The summed E-state index contributed by atoms with van der Waals surface area (Å²) in [5, 5.41) is 3.32. The molecular formula is C18H20N4O. The first-order chi connectivity index (χ1) is 11.2. The second-order valence-corrected chi connectivity index (χ2v) is 5.30. The highest BCUT2D eigenvalue weighted by Crippen LogP contribution is 2.30. The Balaban J connectivity index is 1.99. The van der Waals surface area contributed by atoms with Gasteiger partial charge in [-0.25, -0.2) is 9.98 Å². The van der Waals surface area contributed by atoms with Gasteiger partial charge in [-0.3, -0.25) is 4.99 Å². The molecule has 2 heterocycles. The van der Waals surface area contributed by atoms with Gasteiger partial charge >= 0.3 is 0 Å². The molecule has 1 aromatic heterocycles. The zero-order chi connectivity index (χ0) is 16.2. The Hall–Kier alpha value is -2.69. The number of aliphatic imine (C=N–C) groups is 2. The molecular weight excluding hydrogens is 288 g/mol. The number of hydrogen-bond acceptors (Lipinski definition) is 4. The van der Waals surface area contributed by atoms with Crippen LogP contribution in [-0.4, -0.2) is 36.7 Å². The maximum Gasteiger partial charge on any atom is 0.237 e. The van der Waals surface area contributed by atoms with E-state index in [1.165, 1.54) is 0 Å². The van der Waals surface area contributed by atoms with Crippen LogP contribution in [0, 0.1) is 0 Å². The quantitative estimate of drug-likeness (QED) is 0.640. The number of aromatic nitrogens is 1. The summed E-state index contributed by atoms with van der Waals surface area (Å²) in [4.78, 5) is 13.1. The third-order valence-electron chi connectivity index (χ3n) is 3.79. The molecule has 2 aliphatic rings. The van der Waals surface area contributed by atoms with Crippen LogP contribution in [0.15, 0.2) is 52.1 Å². The molecule has 0 fully saturated rings. The van der Waals surface area contributed by atoms with E-state index < -0.39 is 0 Å². The van der Waals surface area contributed by atoms with E-state index >= 15 is 0 Å². The summed E-state index contributed by atoms with van der Waals surface area (Å²) >= 11 is 0. The van der Waals surface area contributed by atoms with E-state index in [0.29, 0.717) is 12.5 Å². The third-order valence-corrected chi connectivity index (χ3v) is 3.79. The van der Waals surface area contributed by atoms with Gasteiger partial charge in [-0.05, 0) is 37.1 Å². The number of amidine groups is 1. The molecule has 0 amide bonds. The van der Waals surface area contributed by atoms with Crippen LogP contribution in [0.5, 0.6) is 5.88 Å². The van der Waals surface area contributed by atoms with Crippen molar-refractivity contribution in [3.05, 3.63) is 47.7 Å². The highest BCUT2D eigenvalue weighted by Gasteiger charge is 2.15. The van der Waals surface area contributed by atoms with Gasteiger partial charge < -0.3 is 10.1 Å². The monoisotopic (exact) mass is 308 g/mol. The van der Waals surface area contributed by atoms with Gasteiger partial charge in [0.2, 0.25) is 5.88 Å². The van der Waals surface area contributed by atoms with Gasteiger partial charge in [-0.2, -0.15) is 0 Å². The molecule has 5 nitrogen and oxygen atoms in total. The third kappa shape index (κ3) is 3.23. The van der Waals surface area contributed by atoms with Crippen molar-refractivity contribution in [3.8, 4) is 5.88 Å². The van der Waals surface area contributed by atoms with Crippen molar-refractivity contribution < 1.29 is 4.74 Å². The zero-order valence-corrected chi connectivity index (χ0v) is 13.6. The van der Waals surface area contributed by atoms with Crippen molar-refractivity contribution in [2.75, 3.05) is 25.5 Å². The molecule has 0 saturated carbocycles. The number of nitrogens with one attached hydrogen (secondary N) is 1. The number of rotatable bonds is 1. The highest BCUT2D eigenvalue weighted by molar-refractivity contribution is 6.20. The van der Waals surface area contributed by atoms with E-state index in [9.17, 15) is 0 Å². The van der Waals surface area contributed by atoms with E-state index in [0.717, 1.165) is 40.5 Å². The van der Waals surface area contributed by atoms with Gasteiger partial charge in [-0.15, -0.1) is 0 Å². The lowest BCUT2D eigenvalue weighted by Crippen LogP contribution is -2.19. The Morgan fingerprint density at radius 3 is 3.04 bits per heavy atom. The first kappa shape index (κ1) is 15.2. The summed E-state index contributed by atoms with van der Waals surface area (Å²) in [6.45, 7) is 5.36. The SMILES string of the molecule is C/C=C1/C=CC(c2cnc3c(c2)NCCO3)=CC1=NC(C)=NC. The van der Waals surface area contributed by atoms with Crippen molar-refractivity contribution in [1.82, 2.24) is 4.98 Å². The molecule has 1 aliphatic heterocycles. The summed E-state index contributed by atoms with van der Waals surface area (Å²) in [6.07, 6.45) is 10.1. The van der Waals surface area contributed by atoms with E-state index in [-0.39, 0.29) is 0 Å². The van der Waals surface area contributed by atoms with E-state index in [4.69, 9.17) is 4.74 Å². The Labute approximate surface area is 136 Å². The van der Waals surface area contributed by atoms with E-state index in [2.05, 4.69) is 44.6 Å². The Morgan fingerprint density at radius 1 is 1.39 bits per heavy atom. The molecule has 0 bridgehead atoms. The van der Waals surface area contributed by atoms with Crippen molar-refractivity contribution in [3.63, 3.8) is 0 Å². The average Bonchev–Trinajstić information content (AvgIpc) is 2.61. The van der Waals surface area contributed by atoms with Crippen molar-refractivity contribution in [2.45, 2.75) is 13.8 Å². The van der Waals surface area contributed by atoms with Crippen LogP contribution in [0.1, 0.15) is 19.4 Å². The number of nitrogens with zero attached hydrogens (tertiary/aromatic N) is 3. The molecule has 5 heteroatoms. The van der Waals surface area contributed by atoms with Gasteiger partial charge in [-0.1, -0.05) is 18.2 Å². The highest BCUT2D eigenvalue weighted by atomic mass is 16.5. The number of anilines is 1. The molecule has 0 radical (unpaired) electrons. The standard InChI is InChI=1S/C18H20N4O/c1-4-13-5-6-14(9-16(13)22-12(2)19-3)15-10-17-18(21-11-15)23-8-7-20-17/h4-6,9-11,20H,7-8H2,1-3H3/b13-4-,19-12?,22-16?. The van der Waals surface area contributed by atoms with Crippen LogP contribution in [0.3, 0.4) is 0 Å². The molecule has 0 unspecified atom stereocenters. The van der Waals surface area contributed by atoms with Gasteiger partial charge in [0.15, 0.2) is 0 Å². The smallest absolute Gasteiger partial charge is 0.237 e. The number of allylic oxidation sites excluding steroid dienone is 6. The second kappa shape index (κ2) is 6.60. The van der Waals surface area contributed by atoms with Crippen LogP contribution in [0.25, 0.3) is 5.57 Å². The summed E-state index contributed by atoms with van der Waals surface area (Å²) in [5.41, 5.74) is 5.04. The molecule has 0 aromatic carbocycles. The molecule has 3 rings (SSSR count). The minimum Gasteiger partial charge on any atom is -0.474 e. The fourth-order valence-electron chi connectivity index (χ4n) is 2.47. The molecule has 0 spiro atoms. The second-order valence-electron chi connectivity index (χ2n) is 5.30. The van der Waals surface area contributed by atoms with Crippen LogP contribution >= 0.6 is 0 Å². The number of pyridine rings is 1. The number of fused-ring (bicyclic) bond motifs is 1. The summed E-state index contributed by atoms with van der Waals surface area (Å²) in [6, 6.07) is 2.07. The maximum absolute atomic E-state index is 5.53. The van der Waals surface area contributed by atoms with E-state index in [1.54, 1.807) is 7.05 Å². The van der Waals surface area contributed by atoms with Crippen LogP contribution in [0.4, 0.5) is 5.69 Å². The Morgan fingerprint density at radius 2 is 2.26 bits per heavy atom. The lowest BCUT2D eigenvalue weighted by atomic mass is 9.95. The predicted octanol–water partition coefficient (Wildman–Crippen LogP) is 3.27. The van der Waals surface area contributed by atoms with Gasteiger partial charge in [0.1, 0.15) is 12.4 Å². The Bertz CT molecular complexity index is 769. The molecule has 118 valence electrons. The topological polar surface area (TPSA) is 58.9 Å². The predicted molar refractivity (Wildman–Crippen MR) is 95.6 cm³/mol. The maximum atomic E-state index is 5.53. The summed E-state index contributed by atoms with van der Waals surface area (Å²) in [5.74, 6) is 1.42. The molecule has 1 N–H and O–H groups in total. The Kier molecular flexibility index (Phi) is 4.37. The fourth-order valence-corrected chi connectivity index (χ4v) is 2.47. The normalized spacial score (nSPS) is 20.8. The molecule has 1 aliphatic carbocycles. The van der Waals surface area contributed by atoms with E-state index in [1.807, 2.05) is 26.1 Å². The van der Waals surface area contributed by atoms with Gasteiger partial charge in [0, 0.05) is 25.4 Å². The lowest BCUT2D eigenvalue weighted by molar-refractivity contribution is 0.310. The number of hydrogen-bond donors (Lipinski definition) is 1. The average molecular weight is 308 g/mol. The van der Waals surface area contributed by atoms with Gasteiger partial charge in [0.25, 0.3) is 0 Å². The minimum absolute atomic E-state index is 0.652.